The predicted molar refractivity (Wildman–Crippen MR) is 113 cm³/mol. The topological polar surface area (TPSA) is 35.5 Å². The molecule has 158 valence electrons. The summed E-state index contributed by atoms with van der Waals surface area (Å²) >= 11 is 0. The molecule has 3 saturated carbocycles. The summed E-state index contributed by atoms with van der Waals surface area (Å²) in [5.41, 5.74) is 1.46. The molecule has 0 unspecified atom stereocenters. The molecule has 0 amide bonds. The van der Waals surface area contributed by atoms with Crippen LogP contribution in [0.3, 0.4) is 0 Å². The molecule has 3 nitrogen and oxygen atoms in total. The number of carbonyl (C=O) groups is 1. The van der Waals surface area contributed by atoms with Crippen LogP contribution in [0.1, 0.15) is 70.8 Å². The highest BCUT2D eigenvalue weighted by Gasteiger charge is 2.57. The van der Waals surface area contributed by atoms with Gasteiger partial charge in [-0.3, -0.25) is 4.79 Å². The Hall–Kier alpha value is -1.35. The van der Waals surface area contributed by atoms with E-state index in [0.29, 0.717) is 48.7 Å². The van der Waals surface area contributed by atoms with E-state index in [-0.39, 0.29) is 17.5 Å². The lowest BCUT2D eigenvalue weighted by Crippen LogP contribution is -2.47. The average molecular weight is 397 g/mol. The third-order valence-electron chi connectivity index (χ3n) is 9.04. The summed E-state index contributed by atoms with van der Waals surface area (Å²) in [5, 5.41) is 0. The lowest BCUT2D eigenvalue weighted by atomic mass is 9.55. The SMILES string of the molecule is C[C@H]1CC[C@@H]2[C@H]3CC[C@]4(C)[C@@H](OCc5ccccc5)CC[C@H]4[C@@H]3CC(=O)O[C@H]2C1. The first-order chi connectivity index (χ1) is 14.0. The average Bonchev–Trinajstić information content (AvgIpc) is 2.97. The van der Waals surface area contributed by atoms with Gasteiger partial charge in [-0.2, -0.15) is 0 Å². The van der Waals surface area contributed by atoms with E-state index in [1.807, 2.05) is 0 Å². The summed E-state index contributed by atoms with van der Waals surface area (Å²) in [4.78, 5) is 12.7. The molecule has 1 aliphatic heterocycles. The standard InChI is InChI=1S/C26H36O3/c1-17-8-9-20-19-12-13-26(2)22(21(19)15-25(27)29-23(20)14-17)10-11-24(26)28-16-18-6-4-3-5-7-18/h3-7,17,19-24H,8-16H2,1-2H3/t17-,19+,20+,21+,22-,23-,24-,26-/m0/s1. The Kier molecular flexibility index (Phi) is 5.22. The summed E-state index contributed by atoms with van der Waals surface area (Å²) in [6.07, 6.45) is 9.58. The van der Waals surface area contributed by atoms with E-state index in [1.54, 1.807) is 0 Å². The van der Waals surface area contributed by atoms with Crippen LogP contribution in [0.25, 0.3) is 0 Å². The fourth-order valence-corrected chi connectivity index (χ4v) is 7.53. The zero-order valence-electron chi connectivity index (χ0n) is 18.0. The molecule has 1 heterocycles. The fraction of sp³-hybridized carbons (Fsp3) is 0.731. The smallest absolute Gasteiger partial charge is 0.306 e. The molecule has 0 spiro atoms. The van der Waals surface area contributed by atoms with Crippen LogP contribution in [0.2, 0.25) is 0 Å². The molecular formula is C26H36O3. The minimum absolute atomic E-state index is 0.0690. The number of hydrogen-bond donors (Lipinski definition) is 0. The second kappa shape index (κ2) is 7.72. The predicted octanol–water partition coefficient (Wildman–Crippen LogP) is 5.77. The van der Waals surface area contributed by atoms with Crippen molar-refractivity contribution < 1.29 is 14.3 Å². The van der Waals surface area contributed by atoms with E-state index < -0.39 is 0 Å². The van der Waals surface area contributed by atoms with E-state index in [1.165, 1.54) is 37.7 Å². The first kappa shape index (κ1) is 19.6. The van der Waals surface area contributed by atoms with Gasteiger partial charge in [0.15, 0.2) is 0 Å². The van der Waals surface area contributed by atoms with Crippen molar-refractivity contribution in [3.63, 3.8) is 0 Å². The first-order valence-corrected chi connectivity index (χ1v) is 11.9. The van der Waals surface area contributed by atoms with Crippen molar-refractivity contribution in [1.29, 1.82) is 0 Å². The van der Waals surface area contributed by atoms with Gasteiger partial charge in [-0.25, -0.2) is 0 Å². The molecule has 0 N–H and O–H groups in total. The Balaban J connectivity index is 1.33. The molecule has 0 bridgehead atoms. The van der Waals surface area contributed by atoms with E-state index in [0.717, 1.165) is 12.8 Å². The molecule has 1 aromatic rings. The number of rotatable bonds is 3. The molecule has 0 aromatic heterocycles. The Morgan fingerprint density at radius 2 is 1.86 bits per heavy atom. The Labute approximate surface area is 175 Å². The summed E-state index contributed by atoms with van der Waals surface area (Å²) in [5.74, 6) is 3.13. The van der Waals surface area contributed by atoms with E-state index in [4.69, 9.17) is 9.47 Å². The van der Waals surface area contributed by atoms with Crippen LogP contribution >= 0.6 is 0 Å². The van der Waals surface area contributed by atoms with Gasteiger partial charge in [0, 0.05) is 6.42 Å². The molecule has 1 aromatic carbocycles. The van der Waals surface area contributed by atoms with E-state index in [9.17, 15) is 4.79 Å². The maximum Gasteiger partial charge on any atom is 0.306 e. The number of hydrogen-bond acceptors (Lipinski definition) is 3. The van der Waals surface area contributed by atoms with Crippen molar-refractivity contribution >= 4 is 5.97 Å². The van der Waals surface area contributed by atoms with Gasteiger partial charge in [0.25, 0.3) is 0 Å². The maximum atomic E-state index is 12.7. The highest BCUT2D eigenvalue weighted by atomic mass is 16.5. The van der Waals surface area contributed by atoms with Gasteiger partial charge in [-0.1, -0.05) is 50.6 Å². The van der Waals surface area contributed by atoms with Crippen LogP contribution < -0.4 is 0 Å². The summed E-state index contributed by atoms with van der Waals surface area (Å²) < 4.78 is 12.5. The third kappa shape index (κ3) is 3.54. The molecule has 0 radical (unpaired) electrons. The zero-order chi connectivity index (χ0) is 20.0. The van der Waals surface area contributed by atoms with Crippen LogP contribution in [-0.4, -0.2) is 18.2 Å². The van der Waals surface area contributed by atoms with Crippen molar-refractivity contribution in [1.82, 2.24) is 0 Å². The maximum absolute atomic E-state index is 12.7. The summed E-state index contributed by atoms with van der Waals surface area (Å²) in [6.45, 7) is 5.47. The largest absolute Gasteiger partial charge is 0.462 e. The quantitative estimate of drug-likeness (QED) is 0.609. The molecular weight excluding hydrogens is 360 g/mol. The third-order valence-corrected chi connectivity index (χ3v) is 9.04. The van der Waals surface area contributed by atoms with Crippen LogP contribution in [0.5, 0.6) is 0 Å². The van der Waals surface area contributed by atoms with Crippen molar-refractivity contribution in [3.05, 3.63) is 35.9 Å². The van der Waals surface area contributed by atoms with Crippen molar-refractivity contribution in [3.8, 4) is 0 Å². The van der Waals surface area contributed by atoms with E-state index in [2.05, 4.69) is 44.2 Å². The first-order valence-electron chi connectivity index (χ1n) is 11.9. The molecule has 8 atom stereocenters. The number of carbonyl (C=O) groups excluding carboxylic acids is 1. The van der Waals surface area contributed by atoms with Gasteiger partial charge >= 0.3 is 5.97 Å². The molecule has 4 fully saturated rings. The van der Waals surface area contributed by atoms with Gasteiger partial charge in [0.05, 0.1) is 12.7 Å². The minimum atomic E-state index is 0.0690. The van der Waals surface area contributed by atoms with Crippen molar-refractivity contribution in [2.75, 3.05) is 0 Å². The second-order valence-electron chi connectivity index (χ2n) is 10.7. The van der Waals surface area contributed by atoms with Crippen LogP contribution in [0, 0.1) is 35.0 Å². The Bertz CT molecular complexity index is 731. The Morgan fingerprint density at radius 3 is 2.69 bits per heavy atom. The van der Waals surface area contributed by atoms with Gasteiger partial charge in [0.2, 0.25) is 0 Å². The second-order valence-corrected chi connectivity index (χ2v) is 10.7. The van der Waals surface area contributed by atoms with Crippen LogP contribution in [0.15, 0.2) is 30.3 Å². The van der Waals surface area contributed by atoms with Crippen LogP contribution in [0.4, 0.5) is 0 Å². The van der Waals surface area contributed by atoms with E-state index >= 15 is 0 Å². The lowest BCUT2D eigenvalue weighted by molar-refractivity contribution is -0.152. The van der Waals surface area contributed by atoms with Gasteiger partial charge in [-0.05, 0) is 79.1 Å². The molecule has 1 saturated heterocycles. The van der Waals surface area contributed by atoms with Crippen LogP contribution in [-0.2, 0) is 20.9 Å². The molecule has 3 aliphatic carbocycles. The normalized spacial score (nSPS) is 44.2. The van der Waals surface area contributed by atoms with Gasteiger partial charge in [0.1, 0.15) is 6.10 Å². The minimum Gasteiger partial charge on any atom is -0.462 e. The summed E-state index contributed by atoms with van der Waals surface area (Å²) in [6, 6.07) is 10.5. The zero-order valence-corrected chi connectivity index (χ0v) is 18.0. The highest BCUT2D eigenvalue weighted by molar-refractivity contribution is 5.70. The number of esters is 1. The molecule has 3 heteroatoms. The Morgan fingerprint density at radius 1 is 1.03 bits per heavy atom. The molecule has 4 aliphatic rings. The lowest BCUT2D eigenvalue weighted by Gasteiger charge is -2.50. The van der Waals surface area contributed by atoms with Gasteiger partial charge < -0.3 is 9.47 Å². The highest BCUT2D eigenvalue weighted by Crippen LogP contribution is 2.61. The monoisotopic (exact) mass is 396 g/mol. The molecule has 5 rings (SSSR count). The fourth-order valence-electron chi connectivity index (χ4n) is 7.53. The van der Waals surface area contributed by atoms with Gasteiger partial charge in [-0.15, -0.1) is 0 Å². The number of fused-ring (bicyclic) bond motifs is 5. The number of ether oxygens (including phenoxy) is 2. The molecule has 29 heavy (non-hydrogen) atoms. The summed E-state index contributed by atoms with van der Waals surface area (Å²) in [7, 11) is 0. The number of benzene rings is 1. The van der Waals surface area contributed by atoms with Crippen molar-refractivity contribution in [2.45, 2.75) is 84.0 Å². The van der Waals surface area contributed by atoms with Crippen molar-refractivity contribution in [2.24, 2.45) is 35.0 Å².